The molecular formula is C17H23F2N3O2. The lowest BCUT2D eigenvalue weighted by atomic mass is 9.95. The van der Waals surface area contributed by atoms with Crippen molar-refractivity contribution in [1.82, 2.24) is 15.1 Å². The van der Waals surface area contributed by atoms with Crippen LogP contribution < -0.4 is 5.32 Å². The van der Waals surface area contributed by atoms with E-state index in [1.165, 1.54) is 13.0 Å². The van der Waals surface area contributed by atoms with E-state index in [0.717, 1.165) is 29.1 Å². The van der Waals surface area contributed by atoms with E-state index < -0.39 is 17.2 Å². The van der Waals surface area contributed by atoms with Gasteiger partial charge in [0, 0.05) is 36.0 Å². The van der Waals surface area contributed by atoms with Crippen molar-refractivity contribution < 1.29 is 19.0 Å². The summed E-state index contributed by atoms with van der Waals surface area (Å²) >= 11 is 0. The molecule has 24 heavy (non-hydrogen) atoms. The number of nitrogens with one attached hydrogen (secondary N) is 1. The number of hydrogen-bond acceptors (Lipinski definition) is 4. The number of aliphatic hydroxyl groups excluding tert-OH is 1. The van der Waals surface area contributed by atoms with Crippen LogP contribution in [0.15, 0.2) is 18.2 Å². The third-order valence-electron chi connectivity index (χ3n) is 4.13. The maximum atomic E-state index is 13.8. The number of aliphatic hydroxyl groups is 2. The second kappa shape index (κ2) is 7.38. The average Bonchev–Trinajstić information content (AvgIpc) is 2.74. The van der Waals surface area contributed by atoms with Gasteiger partial charge in [0.25, 0.3) is 0 Å². The van der Waals surface area contributed by atoms with Gasteiger partial charge >= 0.3 is 0 Å². The molecule has 3 N–H and O–H groups in total. The first kappa shape index (κ1) is 18.5. The molecular weight excluding hydrogens is 316 g/mol. The zero-order valence-corrected chi connectivity index (χ0v) is 14.1. The lowest BCUT2D eigenvalue weighted by Gasteiger charge is -2.25. The van der Waals surface area contributed by atoms with Crippen molar-refractivity contribution in [3.05, 3.63) is 52.3 Å². The highest BCUT2D eigenvalue weighted by atomic mass is 19.1. The molecule has 0 aliphatic carbocycles. The van der Waals surface area contributed by atoms with Crippen molar-refractivity contribution in [2.75, 3.05) is 13.2 Å². The van der Waals surface area contributed by atoms with Crippen molar-refractivity contribution in [3.8, 4) is 0 Å². The third kappa shape index (κ3) is 3.98. The van der Waals surface area contributed by atoms with E-state index in [-0.39, 0.29) is 18.7 Å². The first-order chi connectivity index (χ1) is 11.3. The highest BCUT2D eigenvalue weighted by Crippen LogP contribution is 2.24. The molecule has 0 aliphatic rings. The molecule has 7 heteroatoms. The summed E-state index contributed by atoms with van der Waals surface area (Å²) in [4.78, 5) is 0. The van der Waals surface area contributed by atoms with E-state index >= 15 is 0 Å². The van der Waals surface area contributed by atoms with Gasteiger partial charge in [0.1, 0.15) is 17.2 Å². The normalized spacial score (nSPS) is 14.0. The van der Waals surface area contributed by atoms with E-state index in [4.69, 9.17) is 5.11 Å². The van der Waals surface area contributed by atoms with E-state index in [2.05, 4.69) is 10.4 Å². The summed E-state index contributed by atoms with van der Waals surface area (Å²) in [6.45, 7) is 6.23. The predicted molar refractivity (Wildman–Crippen MR) is 86.4 cm³/mol. The number of halogens is 2. The van der Waals surface area contributed by atoms with Gasteiger partial charge in [0.15, 0.2) is 0 Å². The molecule has 2 rings (SSSR count). The van der Waals surface area contributed by atoms with Crippen LogP contribution in [0.2, 0.25) is 0 Å². The Bertz CT molecular complexity index is 714. The van der Waals surface area contributed by atoms with Gasteiger partial charge in [-0.15, -0.1) is 0 Å². The van der Waals surface area contributed by atoms with Gasteiger partial charge in [-0.05, 0) is 26.8 Å². The summed E-state index contributed by atoms with van der Waals surface area (Å²) in [6.07, 6.45) is 0. The smallest absolute Gasteiger partial charge is 0.132 e. The Hall–Kier alpha value is -1.83. The second-order valence-electron chi connectivity index (χ2n) is 6.10. The Labute approximate surface area is 139 Å². The lowest BCUT2D eigenvalue weighted by Crippen LogP contribution is -2.36. The van der Waals surface area contributed by atoms with E-state index in [9.17, 15) is 13.9 Å². The van der Waals surface area contributed by atoms with E-state index in [0.29, 0.717) is 13.1 Å². The van der Waals surface area contributed by atoms with Crippen LogP contribution in [0.3, 0.4) is 0 Å². The molecule has 0 fully saturated rings. The van der Waals surface area contributed by atoms with Crippen LogP contribution in [-0.2, 0) is 18.7 Å². The summed E-state index contributed by atoms with van der Waals surface area (Å²) in [5.74, 6) is -1.45. The monoisotopic (exact) mass is 339 g/mol. The molecule has 0 spiro atoms. The third-order valence-corrected chi connectivity index (χ3v) is 4.13. The van der Waals surface area contributed by atoms with Crippen molar-refractivity contribution in [2.45, 2.75) is 39.5 Å². The van der Waals surface area contributed by atoms with Gasteiger partial charge < -0.3 is 15.5 Å². The first-order valence-electron chi connectivity index (χ1n) is 7.78. The molecule has 1 aromatic heterocycles. The molecule has 1 unspecified atom stereocenters. The fraction of sp³-hybridized carbons (Fsp3) is 0.471. The summed E-state index contributed by atoms with van der Waals surface area (Å²) in [7, 11) is 0. The maximum absolute atomic E-state index is 13.8. The Morgan fingerprint density at radius 3 is 2.62 bits per heavy atom. The van der Waals surface area contributed by atoms with Crippen molar-refractivity contribution >= 4 is 0 Å². The SMILES string of the molecule is Cc1nn(CCO)c(C)c1CNCC(C)(O)c1ccc(F)cc1F. The van der Waals surface area contributed by atoms with Gasteiger partial charge in [-0.3, -0.25) is 4.68 Å². The molecule has 1 aromatic carbocycles. The zero-order chi connectivity index (χ0) is 17.9. The quantitative estimate of drug-likeness (QED) is 0.719. The van der Waals surface area contributed by atoms with Crippen LogP contribution in [0, 0.1) is 25.5 Å². The molecule has 2 aromatic rings. The minimum absolute atomic E-state index is 0.00732. The van der Waals surface area contributed by atoms with E-state index in [1.54, 1.807) is 4.68 Å². The van der Waals surface area contributed by atoms with Crippen LogP contribution >= 0.6 is 0 Å². The van der Waals surface area contributed by atoms with E-state index in [1.807, 2.05) is 13.8 Å². The standard InChI is InChI=1S/C17H23F2N3O2/c1-11-14(12(2)22(21-11)6-7-23)9-20-10-17(3,24)15-5-4-13(18)8-16(15)19/h4-5,8,20,23-24H,6-7,9-10H2,1-3H3. The van der Waals surface area contributed by atoms with Crippen LogP contribution in [-0.4, -0.2) is 33.1 Å². The molecule has 0 saturated heterocycles. The molecule has 0 radical (unpaired) electrons. The first-order valence-corrected chi connectivity index (χ1v) is 7.78. The fourth-order valence-corrected chi connectivity index (χ4v) is 2.75. The minimum Gasteiger partial charge on any atom is -0.394 e. The Kier molecular flexibility index (Phi) is 5.69. The summed E-state index contributed by atoms with van der Waals surface area (Å²) in [6, 6.07) is 3.14. The molecule has 0 amide bonds. The highest BCUT2D eigenvalue weighted by Gasteiger charge is 2.26. The lowest BCUT2D eigenvalue weighted by molar-refractivity contribution is 0.0528. The summed E-state index contributed by atoms with van der Waals surface area (Å²) in [5, 5.41) is 27.0. The highest BCUT2D eigenvalue weighted by molar-refractivity contribution is 5.26. The average molecular weight is 339 g/mol. The molecule has 5 nitrogen and oxygen atoms in total. The Morgan fingerprint density at radius 2 is 2.00 bits per heavy atom. The van der Waals surface area contributed by atoms with Gasteiger partial charge in [0.2, 0.25) is 0 Å². The second-order valence-corrected chi connectivity index (χ2v) is 6.10. The number of nitrogens with zero attached hydrogens (tertiary/aromatic N) is 2. The molecule has 0 aliphatic heterocycles. The maximum Gasteiger partial charge on any atom is 0.132 e. The molecule has 1 atom stereocenters. The molecule has 0 bridgehead atoms. The summed E-state index contributed by atoms with van der Waals surface area (Å²) < 4.78 is 28.6. The van der Waals surface area contributed by atoms with Crippen molar-refractivity contribution in [2.24, 2.45) is 0 Å². The van der Waals surface area contributed by atoms with Crippen LogP contribution in [0.25, 0.3) is 0 Å². The number of aromatic nitrogens is 2. The fourth-order valence-electron chi connectivity index (χ4n) is 2.75. The number of hydrogen-bond donors (Lipinski definition) is 3. The molecule has 0 saturated carbocycles. The van der Waals surface area contributed by atoms with Gasteiger partial charge in [-0.25, -0.2) is 8.78 Å². The van der Waals surface area contributed by atoms with Crippen LogP contribution in [0.5, 0.6) is 0 Å². The van der Waals surface area contributed by atoms with Crippen LogP contribution in [0.1, 0.15) is 29.4 Å². The topological polar surface area (TPSA) is 70.3 Å². The minimum atomic E-state index is -1.47. The molecule has 132 valence electrons. The Morgan fingerprint density at radius 1 is 1.29 bits per heavy atom. The van der Waals surface area contributed by atoms with Gasteiger partial charge in [0.05, 0.1) is 18.8 Å². The predicted octanol–water partition coefficient (Wildman–Crippen LogP) is 1.77. The van der Waals surface area contributed by atoms with Crippen molar-refractivity contribution in [3.63, 3.8) is 0 Å². The number of aryl methyl sites for hydroxylation is 1. The Balaban J connectivity index is 2.05. The van der Waals surface area contributed by atoms with Crippen molar-refractivity contribution in [1.29, 1.82) is 0 Å². The summed E-state index contributed by atoms with van der Waals surface area (Å²) in [5.41, 5.74) is 1.31. The number of rotatable bonds is 7. The van der Waals surface area contributed by atoms with Gasteiger partial charge in [-0.2, -0.15) is 5.10 Å². The van der Waals surface area contributed by atoms with Gasteiger partial charge in [-0.1, -0.05) is 6.07 Å². The largest absolute Gasteiger partial charge is 0.394 e. The molecule has 1 heterocycles. The number of benzene rings is 1. The van der Waals surface area contributed by atoms with Crippen LogP contribution in [0.4, 0.5) is 8.78 Å². The zero-order valence-electron chi connectivity index (χ0n) is 14.1.